The van der Waals surface area contributed by atoms with Gasteiger partial charge in [-0.1, -0.05) is 0 Å². The summed E-state index contributed by atoms with van der Waals surface area (Å²) in [6.45, 7) is 1.80. The maximum atomic E-state index is 11.8. The summed E-state index contributed by atoms with van der Waals surface area (Å²) in [5.74, 6) is -0.442. The van der Waals surface area contributed by atoms with Crippen molar-refractivity contribution in [3.05, 3.63) is 17.5 Å². The highest BCUT2D eigenvalue weighted by Crippen LogP contribution is 2.23. The van der Waals surface area contributed by atoms with Crippen LogP contribution in [0.4, 0.5) is 4.79 Å². The zero-order valence-electron chi connectivity index (χ0n) is 9.07. The van der Waals surface area contributed by atoms with Crippen LogP contribution in [-0.2, 0) is 17.4 Å². The second-order valence-corrected chi connectivity index (χ2v) is 3.81. The zero-order chi connectivity index (χ0) is 11.9. The molecule has 0 unspecified atom stereocenters. The summed E-state index contributed by atoms with van der Waals surface area (Å²) in [6.07, 6.45) is 0. The molecule has 0 bridgehead atoms. The summed E-state index contributed by atoms with van der Waals surface area (Å²) in [5.41, 5.74) is 5.76. The summed E-state index contributed by atoms with van der Waals surface area (Å²) >= 11 is 0. The van der Waals surface area contributed by atoms with E-state index in [0.717, 1.165) is 5.69 Å². The highest BCUT2D eigenvalue weighted by atomic mass is 16.2. The molecule has 7 nitrogen and oxygen atoms in total. The quantitative estimate of drug-likeness (QED) is 0.543. The molecular weight excluding hydrogens is 210 g/mol. The van der Waals surface area contributed by atoms with E-state index in [4.69, 9.17) is 5.73 Å². The molecule has 1 aromatic heterocycles. The summed E-state index contributed by atoms with van der Waals surface area (Å²) in [4.78, 5) is 23.0. The topological polar surface area (TPSA) is 102 Å². The lowest BCUT2D eigenvalue weighted by Crippen LogP contribution is -2.51. The van der Waals surface area contributed by atoms with Crippen molar-refractivity contribution in [1.82, 2.24) is 20.4 Å². The standard InChI is InChI=1S/C9H13N5O2/c1-5-3-6(14(2)13-5)9(4-10)7(15)11-8(16)12-9/h3H,4,10H2,1-2H3,(H2,11,12,15,16)/t9-/m1/s1. The Morgan fingerprint density at radius 3 is 2.62 bits per heavy atom. The van der Waals surface area contributed by atoms with Gasteiger partial charge in [-0.05, 0) is 13.0 Å². The number of amides is 3. The number of carbonyl (C=O) groups excluding carboxylic acids is 2. The summed E-state index contributed by atoms with van der Waals surface area (Å²) in [7, 11) is 1.71. The molecule has 1 fully saturated rings. The number of hydrogen-bond acceptors (Lipinski definition) is 4. The van der Waals surface area contributed by atoms with Gasteiger partial charge in [0, 0.05) is 13.6 Å². The third-order valence-electron chi connectivity index (χ3n) is 2.69. The van der Waals surface area contributed by atoms with E-state index < -0.39 is 17.5 Å². The van der Waals surface area contributed by atoms with Crippen molar-refractivity contribution in [2.75, 3.05) is 6.54 Å². The minimum Gasteiger partial charge on any atom is -0.327 e. The van der Waals surface area contributed by atoms with Crippen molar-refractivity contribution in [3.8, 4) is 0 Å². The number of urea groups is 1. The first-order valence-corrected chi connectivity index (χ1v) is 4.84. The van der Waals surface area contributed by atoms with Gasteiger partial charge in [0.25, 0.3) is 5.91 Å². The van der Waals surface area contributed by atoms with E-state index in [-0.39, 0.29) is 6.54 Å². The average Bonchev–Trinajstić information content (AvgIpc) is 2.67. The van der Waals surface area contributed by atoms with Crippen molar-refractivity contribution < 1.29 is 9.59 Å². The molecule has 0 aliphatic carbocycles. The molecule has 1 saturated heterocycles. The van der Waals surface area contributed by atoms with Crippen LogP contribution >= 0.6 is 0 Å². The van der Waals surface area contributed by atoms with Gasteiger partial charge >= 0.3 is 6.03 Å². The van der Waals surface area contributed by atoms with Crippen molar-refractivity contribution >= 4 is 11.9 Å². The molecule has 1 aliphatic rings. The molecule has 0 spiro atoms. The maximum absolute atomic E-state index is 11.8. The van der Waals surface area contributed by atoms with Crippen molar-refractivity contribution in [3.63, 3.8) is 0 Å². The van der Waals surface area contributed by atoms with Gasteiger partial charge < -0.3 is 11.1 Å². The van der Waals surface area contributed by atoms with E-state index in [2.05, 4.69) is 15.7 Å². The van der Waals surface area contributed by atoms with Crippen molar-refractivity contribution in [2.45, 2.75) is 12.5 Å². The lowest BCUT2D eigenvalue weighted by atomic mass is 9.95. The molecular formula is C9H13N5O2. The minimum atomic E-state index is -1.20. The number of nitrogens with two attached hydrogens (primary N) is 1. The van der Waals surface area contributed by atoms with Crippen molar-refractivity contribution in [2.24, 2.45) is 12.8 Å². The van der Waals surface area contributed by atoms with Gasteiger partial charge in [0.05, 0.1) is 11.4 Å². The second-order valence-electron chi connectivity index (χ2n) is 3.81. The molecule has 3 amide bonds. The Balaban J connectivity index is 2.54. The first-order chi connectivity index (χ1) is 7.49. The first kappa shape index (κ1) is 10.6. The molecule has 0 radical (unpaired) electrons. The van der Waals surface area contributed by atoms with Gasteiger partial charge in [-0.3, -0.25) is 14.8 Å². The number of aromatic nitrogens is 2. The molecule has 7 heteroatoms. The molecule has 1 aromatic rings. The summed E-state index contributed by atoms with van der Waals surface area (Å²) in [6, 6.07) is 1.20. The van der Waals surface area contributed by atoms with Gasteiger partial charge in [0.1, 0.15) is 0 Å². The van der Waals surface area contributed by atoms with Crippen LogP contribution in [0.1, 0.15) is 11.4 Å². The van der Waals surface area contributed by atoms with Crippen LogP contribution in [0.3, 0.4) is 0 Å². The molecule has 4 N–H and O–H groups in total. The molecule has 0 saturated carbocycles. The predicted octanol–water partition coefficient (Wildman–Crippen LogP) is -1.28. The predicted molar refractivity (Wildman–Crippen MR) is 55.4 cm³/mol. The Bertz CT molecular complexity index is 466. The van der Waals surface area contributed by atoms with E-state index in [1.165, 1.54) is 0 Å². The van der Waals surface area contributed by atoms with Crippen LogP contribution in [0.2, 0.25) is 0 Å². The molecule has 1 aliphatic heterocycles. The van der Waals surface area contributed by atoms with Crippen LogP contribution in [0.25, 0.3) is 0 Å². The molecule has 16 heavy (non-hydrogen) atoms. The van der Waals surface area contributed by atoms with Gasteiger partial charge in [0.15, 0.2) is 5.54 Å². The number of nitrogens with zero attached hydrogens (tertiary/aromatic N) is 2. The smallest absolute Gasteiger partial charge is 0.322 e. The Morgan fingerprint density at radius 1 is 1.56 bits per heavy atom. The lowest BCUT2D eigenvalue weighted by Gasteiger charge is -2.23. The van der Waals surface area contributed by atoms with Gasteiger partial charge in [-0.2, -0.15) is 5.10 Å². The fourth-order valence-corrected chi connectivity index (χ4v) is 1.93. The summed E-state index contributed by atoms with van der Waals surface area (Å²) in [5, 5.41) is 8.87. The van der Waals surface area contributed by atoms with Gasteiger partial charge in [-0.15, -0.1) is 0 Å². The Kier molecular flexibility index (Phi) is 2.20. The largest absolute Gasteiger partial charge is 0.327 e. The Morgan fingerprint density at radius 2 is 2.25 bits per heavy atom. The van der Waals surface area contributed by atoms with Gasteiger partial charge in [-0.25, -0.2) is 4.79 Å². The summed E-state index contributed by atoms with van der Waals surface area (Å²) < 4.78 is 1.55. The van der Waals surface area contributed by atoms with Crippen LogP contribution < -0.4 is 16.4 Å². The zero-order valence-corrected chi connectivity index (χ0v) is 9.07. The lowest BCUT2D eigenvalue weighted by molar-refractivity contribution is -0.124. The van der Waals surface area contributed by atoms with E-state index in [0.29, 0.717) is 5.69 Å². The number of imide groups is 1. The number of nitrogens with one attached hydrogen (secondary N) is 2. The molecule has 0 aromatic carbocycles. The Hall–Kier alpha value is -1.89. The fraction of sp³-hybridized carbons (Fsp3) is 0.444. The van der Waals surface area contributed by atoms with E-state index in [1.54, 1.807) is 17.8 Å². The Labute approximate surface area is 92.0 Å². The van der Waals surface area contributed by atoms with Crippen LogP contribution in [0.15, 0.2) is 6.07 Å². The third kappa shape index (κ3) is 1.28. The van der Waals surface area contributed by atoms with Crippen LogP contribution in [-0.4, -0.2) is 28.3 Å². The minimum absolute atomic E-state index is 0.0104. The number of hydrogen-bond donors (Lipinski definition) is 3. The van der Waals surface area contributed by atoms with Crippen LogP contribution in [0, 0.1) is 6.92 Å². The first-order valence-electron chi connectivity index (χ1n) is 4.84. The number of carbonyl (C=O) groups is 2. The highest BCUT2D eigenvalue weighted by Gasteiger charge is 2.48. The SMILES string of the molecule is Cc1cc([C@@]2(CN)NC(=O)NC2=O)n(C)n1. The van der Waals surface area contributed by atoms with E-state index >= 15 is 0 Å². The molecule has 2 rings (SSSR count). The average molecular weight is 223 g/mol. The second kappa shape index (κ2) is 3.31. The van der Waals surface area contributed by atoms with Gasteiger partial charge in [0.2, 0.25) is 0 Å². The number of aryl methyl sites for hydroxylation is 2. The molecule has 86 valence electrons. The number of rotatable bonds is 2. The fourth-order valence-electron chi connectivity index (χ4n) is 1.93. The molecule has 1 atom stereocenters. The van der Waals surface area contributed by atoms with Crippen LogP contribution in [0.5, 0.6) is 0 Å². The van der Waals surface area contributed by atoms with Crippen molar-refractivity contribution in [1.29, 1.82) is 0 Å². The molecule has 2 heterocycles. The van der Waals surface area contributed by atoms with E-state index in [1.807, 2.05) is 6.92 Å². The highest BCUT2D eigenvalue weighted by molar-refractivity contribution is 6.07. The maximum Gasteiger partial charge on any atom is 0.322 e. The van der Waals surface area contributed by atoms with E-state index in [9.17, 15) is 9.59 Å². The normalized spacial score (nSPS) is 24.4. The monoisotopic (exact) mass is 223 g/mol. The third-order valence-corrected chi connectivity index (χ3v) is 2.69.